The van der Waals surface area contributed by atoms with Crippen molar-refractivity contribution in [2.45, 2.75) is 32.5 Å². The first-order valence-electron chi connectivity index (χ1n) is 5.39. The largest absolute Gasteiger partial charge is 0.411 e. The molecule has 1 nitrogen and oxygen atoms in total. The molecule has 0 heterocycles. The van der Waals surface area contributed by atoms with Crippen molar-refractivity contribution in [1.29, 1.82) is 0 Å². The van der Waals surface area contributed by atoms with E-state index in [2.05, 4.69) is 50.9 Å². The highest BCUT2D eigenvalue weighted by atomic mass is 28.4. The van der Waals surface area contributed by atoms with Crippen LogP contribution in [-0.2, 0) is 10.8 Å². The average molecular weight is 220 g/mol. The van der Waals surface area contributed by atoms with Crippen LogP contribution in [0, 0.1) is 0 Å². The van der Waals surface area contributed by atoms with Crippen LogP contribution >= 0.6 is 0 Å². The highest BCUT2D eigenvalue weighted by Crippen LogP contribution is 2.12. The van der Waals surface area contributed by atoms with Gasteiger partial charge >= 0.3 is 0 Å². The van der Waals surface area contributed by atoms with Crippen LogP contribution in [0.25, 0.3) is 0 Å². The van der Waals surface area contributed by atoms with Gasteiger partial charge in [-0.3, -0.25) is 0 Å². The van der Waals surface area contributed by atoms with E-state index in [1.807, 2.05) is 11.8 Å². The van der Waals surface area contributed by atoms with E-state index >= 15 is 0 Å². The van der Waals surface area contributed by atoms with Gasteiger partial charge in [0.1, 0.15) is 0 Å². The third-order valence-electron chi connectivity index (χ3n) is 2.36. The monoisotopic (exact) mass is 220 g/mol. The summed E-state index contributed by atoms with van der Waals surface area (Å²) < 4.78 is 6.01. The van der Waals surface area contributed by atoms with Crippen molar-refractivity contribution in [1.82, 2.24) is 0 Å². The Morgan fingerprint density at radius 2 is 1.93 bits per heavy atom. The lowest BCUT2D eigenvalue weighted by molar-refractivity contribution is 0.217. The maximum absolute atomic E-state index is 6.01. The van der Waals surface area contributed by atoms with Crippen LogP contribution in [0.5, 0.6) is 0 Å². The molecule has 0 aliphatic carbocycles. The molecule has 0 aromatic heterocycles. The molecule has 1 aromatic rings. The maximum atomic E-state index is 6.01. The van der Waals surface area contributed by atoms with E-state index in [0.717, 1.165) is 6.42 Å². The predicted molar refractivity (Wildman–Crippen MR) is 68.4 cm³/mol. The molecule has 1 rings (SSSR count). The molecule has 0 radical (unpaired) electrons. The second-order valence-electron chi connectivity index (χ2n) is 4.43. The molecule has 1 atom stereocenters. The lowest BCUT2D eigenvalue weighted by Gasteiger charge is -2.24. The normalized spacial score (nSPS) is 13.5. The smallest absolute Gasteiger partial charge is 0.210 e. The maximum Gasteiger partial charge on any atom is 0.210 e. The van der Waals surface area contributed by atoms with Gasteiger partial charge in [-0.05, 0) is 32.0 Å². The predicted octanol–water partition coefficient (Wildman–Crippen LogP) is 3.56. The second kappa shape index (κ2) is 5.28. The van der Waals surface area contributed by atoms with Gasteiger partial charge in [0.05, 0.1) is 0 Å². The van der Waals surface area contributed by atoms with Gasteiger partial charge in [0.15, 0.2) is 0 Å². The topological polar surface area (TPSA) is 9.23 Å². The van der Waals surface area contributed by atoms with E-state index in [4.69, 9.17) is 4.43 Å². The molecule has 0 bridgehead atoms. The summed E-state index contributed by atoms with van der Waals surface area (Å²) in [4.78, 5) is 0. The third kappa shape index (κ3) is 4.45. The Hall–Kier alpha value is -0.863. The number of rotatable bonds is 5. The summed E-state index contributed by atoms with van der Waals surface area (Å²) in [6, 6.07) is 10.5. The first kappa shape index (κ1) is 12.2. The molecule has 0 fully saturated rings. The van der Waals surface area contributed by atoms with Crippen LogP contribution in [0.2, 0.25) is 13.1 Å². The second-order valence-corrected chi connectivity index (χ2v) is 8.28. The van der Waals surface area contributed by atoms with E-state index in [9.17, 15) is 0 Å². The van der Waals surface area contributed by atoms with Crippen molar-refractivity contribution in [2.24, 2.45) is 0 Å². The highest BCUT2D eigenvalue weighted by Gasteiger charge is 2.20. The van der Waals surface area contributed by atoms with Gasteiger partial charge in [0, 0.05) is 6.10 Å². The van der Waals surface area contributed by atoms with Crippen molar-refractivity contribution in [2.75, 3.05) is 0 Å². The Labute approximate surface area is 93.9 Å². The molecule has 0 saturated carbocycles. The van der Waals surface area contributed by atoms with Gasteiger partial charge in [-0.2, -0.15) is 0 Å². The summed E-state index contributed by atoms with van der Waals surface area (Å²) in [6.45, 7) is 10.3. The Kier molecular flexibility index (Phi) is 4.30. The minimum Gasteiger partial charge on any atom is -0.411 e. The first-order valence-corrected chi connectivity index (χ1v) is 8.37. The van der Waals surface area contributed by atoms with E-state index in [0.29, 0.717) is 0 Å². The van der Waals surface area contributed by atoms with Crippen molar-refractivity contribution in [3.63, 3.8) is 0 Å². The van der Waals surface area contributed by atoms with Crippen LogP contribution in [0.15, 0.2) is 42.6 Å². The van der Waals surface area contributed by atoms with Crippen LogP contribution in [0.1, 0.15) is 12.5 Å². The highest BCUT2D eigenvalue weighted by molar-refractivity contribution is 6.76. The summed E-state index contributed by atoms with van der Waals surface area (Å²) in [6.07, 6.45) is 1.25. The summed E-state index contributed by atoms with van der Waals surface area (Å²) in [5.41, 5.74) is 3.31. The molecule has 15 heavy (non-hydrogen) atoms. The summed E-state index contributed by atoms with van der Waals surface area (Å²) >= 11 is 0. The van der Waals surface area contributed by atoms with Crippen LogP contribution < -0.4 is 0 Å². The zero-order chi connectivity index (χ0) is 11.3. The lowest BCUT2D eigenvalue weighted by Crippen LogP contribution is -2.33. The van der Waals surface area contributed by atoms with E-state index in [1.54, 1.807) is 0 Å². The zero-order valence-corrected chi connectivity index (χ0v) is 10.9. The van der Waals surface area contributed by atoms with Gasteiger partial charge in [-0.15, -0.1) is 6.58 Å². The molecule has 2 heteroatoms. The Bertz CT molecular complexity index is 306. The summed E-state index contributed by atoms with van der Waals surface area (Å²) in [5, 5.41) is 0. The van der Waals surface area contributed by atoms with Crippen molar-refractivity contribution in [3.05, 3.63) is 48.2 Å². The molecular weight excluding hydrogens is 200 g/mol. The SMILES string of the molecule is C=C[Si](C)(C)OC(C)Cc1ccccc1. The Balaban J connectivity index is 2.50. The van der Waals surface area contributed by atoms with E-state index < -0.39 is 8.32 Å². The van der Waals surface area contributed by atoms with Gasteiger partial charge in [0.25, 0.3) is 0 Å². The number of hydrogen-bond acceptors (Lipinski definition) is 1. The van der Waals surface area contributed by atoms with Gasteiger partial charge in [0.2, 0.25) is 8.32 Å². The van der Waals surface area contributed by atoms with Crippen LogP contribution in [0.3, 0.4) is 0 Å². The molecule has 1 unspecified atom stereocenters. The third-order valence-corrected chi connectivity index (χ3v) is 4.36. The fourth-order valence-corrected chi connectivity index (χ4v) is 2.77. The summed E-state index contributed by atoms with van der Waals surface area (Å²) in [7, 11) is -1.63. The first-order chi connectivity index (χ1) is 7.03. The molecule has 0 spiro atoms. The fraction of sp³-hybridized carbons (Fsp3) is 0.385. The molecule has 0 aliphatic heterocycles. The number of benzene rings is 1. The van der Waals surface area contributed by atoms with Gasteiger partial charge < -0.3 is 4.43 Å². The molecule has 1 aromatic carbocycles. The van der Waals surface area contributed by atoms with Crippen molar-refractivity contribution < 1.29 is 4.43 Å². The molecule has 0 amide bonds. The Morgan fingerprint density at radius 1 is 1.33 bits per heavy atom. The minimum absolute atomic E-state index is 0.270. The van der Waals surface area contributed by atoms with E-state index in [-0.39, 0.29) is 6.10 Å². The summed E-state index contributed by atoms with van der Waals surface area (Å²) in [5.74, 6) is 0. The van der Waals surface area contributed by atoms with E-state index in [1.165, 1.54) is 5.56 Å². The standard InChI is InChI=1S/C13H20OSi/c1-5-15(3,4)14-12(2)11-13-9-7-6-8-10-13/h5-10,12H,1,11H2,2-4H3. The lowest BCUT2D eigenvalue weighted by atomic mass is 10.1. The molecule has 82 valence electrons. The molecular formula is C13H20OSi. The van der Waals surface area contributed by atoms with Gasteiger partial charge in [-0.25, -0.2) is 0 Å². The van der Waals surface area contributed by atoms with Crippen molar-refractivity contribution >= 4 is 8.32 Å². The fourth-order valence-electron chi connectivity index (χ4n) is 1.55. The van der Waals surface area contributed by atoms with Gasteiger partial charge in [-0.1, -0.05) is 36.0 Å². The minimum atomic E-state index is -1.63. The molecule has 0 N–H and O–H groups in total. The van der Waals surface area contributed by atoms with Crippen LogP contribution in [0.4, 0.5) is 0 Å². The molecule has 0 saturated heterocycles. The molecule has 0 aliphatic rings. The Morgan fingerprint density at radius 3 is 2.47 bits per heavy atom. The van der Waals surface area contributed by atoms with Crippen molar-refractivity contribution in [3.8, 4) is 0 Å². The zero-order valence-electron chi connectivity index (χ0n) is 9.86. The quantitative estimate of drug-likeness (QED) is 0.689. The average Bonchev–Trinajstić information content (AvgIpc) is 2.18. The van der Waals surface area contributed by atoms with Crippen LogP contribution in [-0.4, -0.2) is 14.4 Å². The number of hydrogen-bond donors (Lipinski definition) is 0.